The first kappa shape index (κ1) is 22.2. The second kappa shape index (κ2) is 9.88. The Kier molecular flexibility index (Phi) is 8.11. The maximum Gasteiger partial charge on any atom is 0.282 e. The van der Waals surface area contributed by atoms with E-state index in [1.54, 1.807) is 11.8 Å². The summed E-state index contributed by atoms with van der Waals surface area (Å²) in [5, 5.41) is 2.99. The normalized spacial score (nSPS) is 17.8. The van der Waals surface area contributed by atoms with Gasteiger partial charge in [0.05, 0.1) is 11.7 Å². The van der Waals surface area contributed by atoms with Gasteiger partial charge in [-0.25, -0.2) is 0 Å². The summed E-state index contributed by atoms with van der Waals surface area (Å²) < 4.78 is 28.2. The fourth-order valence-electron chi connectivity index (χ4n) is 3.19. The third-order valence-corrected chi connectivity index (χ3v) is 7.91. The molecule has 1 N–H and O–H groups in total. The summed E-state index contributed by atoms with van der Waals surface area (Å²) >= 11 is 1.59. The molecule has 0 spiro atoms. The minimum Gasteiger partial charge on any atom is -0.324 e. The van der Waals surface area contributed by atoms with Crippen molar-refractivity contribution in [3.05, 3.63) is 24.3 Å². The van der Waals surface area contributed by atoms with Gasteiger partial charge in [-0.2, -0.15) is 17.0 Å². The summed E-state index contributed by atoms with van der Waals surface area (Å²) in [5.41, 5.74) is 0.810. The number of rotatable bonds is 8. The monoisotopic (exact) mass is 414 g/mol. The molecule has 0 saturated carbocycles. The maximum atomic E-state index is 12.7. The van der Waals surface area contributed by atoms with Gasteiger partial charge < -0.3 is 5.32 Å². The summed E-state index contributed by atoms with van der Waals surface area (Å²) in [5.74, 6) is -0.0726. The SMILES string of the molecule is CCN(CC)S(=O)(=O)N1CCN([C@@H](C)C(=O)Nc2ccccc2SC)CC1. The van der Waals surface area contributed by atoms with E-state index in [0.717, 1.165) is 10.6 Å². The van der Waals surface area contributed by atoms with Gasteiger partial charge in [0, 0.05) is 44.2 Å². The standard InChI is InChI=1S/C18H30N4O3S2/c1-5-21(6-2)27(24,25)22-13-11-20(12-14-22)15(3)18(23)19-16-9-7-8-10-17(16)26-4/h7-10,15H,5-6,11-14H2,1-4H3,(H,19,23)/t15-/m0/s1. The molecule has 1 fully saturated rings. The first-order valence-corrected chi connectivity index (χ1v) is 11.9. The van der Waals surface area contributed by atoms with Crippen LogP contribution in [-0.2, 0) is 15.0 Å². The number of carbonyl (C=O) groups excluding carboxylic acids is 1. The number of benzene rings is 1. The van der Waals surface area contributed by atoms with Crippen LogP contribution in [0.2, 0.25) is 0 Å². The second-order valence-electron chi connectivity index (χ2n) is 6.39. The third-order valence-electron chi connectivity index (χ3n) is 4.92. The number of nitrogens with one attached hydrogen (secondary N) is 1. The van der Waals surface area contributed by atoms with Crippen LogP contribution in [0.15, 0.2) is 29.2 Å². The van der Waals surface area contributed by atoms with Gasteiger partial charge in [0.25, 0.3) is 10.2 Å². The van der Waals surface area contributed by atoms with Crippen molar-refractivity contribution in [2.75, 3.05) is 50.8 Å². The molecule has 1 aliphatic heterocycles. The van der Waals surface area contributed by atoms with E-state index in [0.29, 0.717) is 39.3 Å². The molecule has 9 heteroatoms. The van der Waals surface area contributed by atoms with Crippen LogP contribution in [0.4, 0.5) is 5.69 Å². The molecule has 27 heavy (non-hydrogen) atoms. The molecule has 7 nitrogen and oxygen atoms in total. The van der Waals surface area contributed by atoms with Gasteiger partial charge in [-0.05, 0) is 25.3 Å². The molecule has 0 radical (unpaired) electrons. The smallest absolute Gasteiger partial charge is 0.282 e. The molecule has 2 rings (SSSR count). The number of nitrogens with zero attached hydrogens (tertiary/aromatic N) is 3. The van der Waals surface area contributed by atoms with E-state index in [4.69, 9.17) is 0 Å². The van der Waals surface area contributed by atoms with Crippen molar-refractivity contribution >= 4 is 33.6 Å². The molecule has 1 aliphatic rings. The highest BCUT2D eigenvalue weighted by Gasteiger charge is 2.33. The molecule has 1 amide bonds. The summed E-state index contributed by atoms with van der Waals surface area (Å²) in [7, 11) is -3.41. The van der Waals surface area contributed by atoms with Crippen LogP contribution in [0.3, 0.4) is 0 Å². The van der Waals surface area contributed by atoms with Crippen molar-refractivity contribution in [2.45, 2.75) is 31.7 Å². The molecule has 0 aromatic heterocycles. The molecule has 1 heterocycles. The van der Waals surface area contributed by atoms with E-state index >= 15 is 0 Å². The molecule has 1 aromatic carbocycles. The fraction of sp³-hybridized carbons (Fsp3) is 0.611. The minimum atomic E-state index is -3.41. The number of para-hydroxylation sites is 1. The number of piperazine rings is 1. The number of anilines is 1. The summed E-state index contributed by atoms with van der Waals surface area (Å²) in [6, 6.07) is 7.39. The van der Waals surface area contributed by atoms with E-state index in [1.165, 1.54) is 8.61 Å². The van der Waals surface area contributed by atoms with Gasteiger partial charge in [-0.3, -0.25) is 9.69 Å². The number of amides is 1. The van der Waals surface area contributed by atoms with Crippen molar-refractivity contribution in [1.82, 2.24) is 13.5 Å². The summed E-state index contributed by atoms with van der Waals surface area (Å²) in [6.45, 7) is 8.37. The maximum absolute atomic E-state index is 12.7. The Balaban J connectivity index is 1.96. The minimum absolute atomic E-state index is 0.0726. The molecule has 1 aromatic rings. The largest absolute Gasteiger partial charge is 0.324 e. The van der Waals surface area contributed by atoms with Crippen molar-refractivity contribution in [2.24, 2.45) is 0 Å². The average molecular weight is 415 g/mol. The van der Waals surface area contributed by atoms with Crippen LogP contribution in [0.5, 0.6) is 0 Å². The van der Waals surface area contributed by atoms with Gasteiger partial charge in [0.1, 0.15) is 0 Å². The predicted octanol–water partition coefficient (Wildman–Crippen LogP) is 1.94. The van der Waals surface area contributed by atoms with Crippen molar-refractivity contribution < 1.29 is 13.2 Å². The Morgan fingerprint density at radius 2 is 1.78 bits per heavy atom. The average Bonchev–Trinajstić information content (AvgIpc) is 2.68. The third kappa shape index (κ3) is 5.23. The van der Waals surface area contributed by atoms with Crippen LogP contribution in [-0.4, -0.2) is 79.4 Å². The predicted molar refractivity (Wildman–Crippen MR) is 111 cm³/mol. The van der Waals surface area contributed by atoms with Crippen LogP contribution in [0, 0.1) is 0 Å². The summed E-state index contributed by atoms with van der Waals surface area (Å²) in [4.78, 5) is 15.7. The van der Waals surface area contributed by atoms with Crippen LogP contribution < -0.4 is 5.32 Å². The molecular formula is C18H30N4O3S2. The van der Waals surface area contributed by atoms with Crippen LogP contribution in [0.25, 0.3) is 0 Å². The zero-order valence-corrected chi connectivity index (χ0v) is 18.1. The number of hydrogen-bond acceptors (Lipinski definition) is 5. The highest BCUT2D eigenvalue weighted by molar-refractivity contribution is 7.98. The molecule has 0 bridgehead atoms. The van der Waals surface area contributed by atoms with Gasteiger partial charge >= 0.3 is 0 Å². The Hall–Kier alpha value is -1.13. The van der Waals surface area contributed by atoms with E-state index < -0.39 is 10.2 Å². The van der Waals surface area contributed by atoms with Gasteiger partial charge in [0.15, 0.2) is 0 Å². The Morgan fingerprint density at radius 3 is 2.33 bits per heavy atom. The Labute approximate surface area is 167 Å². The van der Waals surface area contributed by atoms with Gasteiger partial charge in [-0.15, -0.1) is 11.8 Å². The lowest BCUT2D eigenvalue weighted by atomic mass is 10.2. The molecule has 0 unspecified atom stereocenters. The van der Waals surface area contributed by atoms with Crippen LogP contribution >= 0.6 is 11.8 Å². The fourth-order valence-corrected chi connectivity index (χ4v) is 5.34. The van der Waals surface area contributed by atoms with Crippen molar-refractivity contribution in [3.8, 4) is 0 Å². The first-order chi connectivity index (χ1) is 12.8. The molecule has 152 valence electrons. The van der Waals surface area contributed by atoms with E-state index in [-0.39, 0.29) is 11.9 Å². The first-order valence-electron chi connectivity index (χ1n) is 9.28. The number of thioether (sulfide) groups is 1. The van der Waals surface area contributed by atoms with Gasteiger partial charge in [0.2, 0.25) is 5.91 Å². The Bertz CT molecular complexity index is 730. The number of hydrogen-bond donors (Lipinski definition) is 1. The zero-order valence-electron chi connectivity index (χ0n) is 16.5. The number of carbonyl (C=O) groups is 1. The topological polar surface area (TPSA) is 73.0 Å². The Morgan fingerprint density at radius 1 is 1.19 bits per heavy atom. The van der Waals surface area contributed by atoms with E-state index in [1.807, 2.05) is 56.2 Å². The van der Waals surface area contributed by atoms with Gasteiger partial charge in [-0.1, -0.05) is 26.0 Å². The highest BCUT2D eigenvalue weighted by atomic mass is 32.2. The quantitative estimate of drug-likeness (QED) is 0.658. The van der Waals surface area contributed by atoms with Crippen LogP contribution in [0.1, 0.15) is 20.8 Å². The van der Waals surface area contributed by atoms with Crippen molar-refractivity contribution in [3.63, 3.8) is 0 Å². The molecular weight excluding hydrogens is 384 g/mol. The lowest BCUT2D eigenvalue weighted by Gasteiger charge is -2.38. The lowest BCUT2D eigenvalue weighted by molar-refractivity contribution is -0.121. The second-order valence-corrected chi connectivity index (χ2v) is 9.17. The molecule has 1 atom stereocenters. The van der Waals surface area contributed by atoms with E-state index in [9.17, 15) is 13.2 Å². The van der Waals surface area contributed by atoms with Crippen molar-refractivity contribution in [1.29, 1.82) is 0 Å². The molecule has 0 aliphatic carbocycles. The molecule has 1 saturated heterocycles. The highest BCUT2D eigenvalue weighted by Crippen LogP contribution is 2.25. The van der Waals surface area contributed by atoms with E-state index in [2.05, 4.69) is 5.32 Å². The lowest BCUT2D eigenvalue weighted by Crippen LogP contribution is -2.56. The summed E-state index contributed by atoms with van der Waals surface area (Å²) in [6.07, 6.45) is 1.98. The zero-order chi connectivity index (χ0) is 20.0.